The first-order valence-electron chi connectivity index (χ1n) is 9.73. The maximum atomic E-state index is 12.5. The summed E-state index contributed by atoms with van der Waals surface area (Å²) in [5.74, 6) is -1.59. The van der Waals surface area contributed by atoms with Crippen LogP contribution in [-0.2, 0) is 14.3 Å². The summed E-state index contributed by atoms with van der Waals surface area (Å²) >= 11 is 3.23. The van der Waals surface area contributed by atoms with Crippen LogP contribution < -0.4 is 4.74 Å². The molecule has 1 aromatic heterocycles. The number of aromatic nitrogens is 1. The number of nitro benzene ring substituents is 1. The number of ether oxygens (including phenoxy) is 2. The number of nitro groups is 1. The zero-order valence-corrected chi connectivity index (χ0v) is 19.3. The van der Waals surface area contributed by atoms with Crippen LogP contribution in [0.1, 0.15) is 36.9 Å². The molecule has 4 rings (SSSR count). The molecule has 2 heterocycles. The Balaban J connectivity index is 1.88. The molecule has 1 atom stereocenters. The predicted octanol–water partition coefficient (Wildman–Crippen LogP) is 4.38. The van der Waals surface area contributed by atoms with Gasteiger partial charge in [0.25, 0.3) is 0 Å². The van der Waals surface area contributed by atoms with Crippen molar-refractivity contribution < 1.29 is 24.0 Å². The maximum Gasteiger partial charge on any atom is 0.313 e. The van der Waals surface area contributed by atoms with Crippen LogP contribution in [0.2, 0.25) is 0 Å². The molecule has 11 heteroatoms. The molecule has 1 aliphatic heterocycles. The van der Waals surface area contributed by atoms with Gasteiger partial charge in [-0.2, -0.15) is 5.01 Å². The number of rotatable bonds is 4. The van der Waals surface area contributed by atoms with Crippen molar-refractivity contribution in [2.24, 2.45) is 5.10 Å². The van der Waals surface area contributed by atoms with Crippen LogP contribution in [0.4, 0.5) is 5.69 Å². The number of halogens is 1. The lowest BCUT2D eigenvalue weighted by atomic mass is 10.1. The second-order valence-electron chi connectivity index (χ2n) is 7.26. The summed E-state index contributed by atoms with van der Waals surface area (Å²) in [6, 6.07) is 11.9. The number of hydrogen-bond acceptors (Lipinski definition) is 8. The molecule has 0 N–H and O–H groups in total. The van der Waals surface area contributed by atoms with Crippen LogP contribution in [0.25, 0.3) is 10.9 Å². The first kappa shape index (κ1) is 22.3. The van der Waals surface area contributed by atoms with Crippen LogP contribution in [0.3, 0.4) is 0 Å². The van der Waals surface area contributed by atoms with Crippen molar-refractivity contribution >= 4 is 50.3 Å². The lowest BCUT2D eigenvalue weighted by Gasteiger charge is -2.21. The topological polar surface area (TPSA) is 124 Å². The molecule has 10 nitrogen and oxygen atoms in total. The highest BCUT2D eigenvalue weighted by Gasteiger charge is 2.37. The van der Waals surface area contributed by atoms with E-state index >= 15 is 0 Å². The number of pyridine rings is 1. The normalized spacial score (nSPS) is 15.2. The van der Waals surface area contributed by atoms with E-state index in [9.17, 15) is 19.7 Å². The molecular weight excluding hydrogens is 496 g/mol. The lowest BCUT2D eigenvalue weighted by molar-refractivity contribution is -0.385. The quantitative estimate of drug-likeness (QED) is 0.220. The molecule has 1 unspecified atom stereocenters. The van der Waals surface area contributed by atoms with Crippen LogP contribution in [0.15, 0.2) is 52.0 Å². The van der Waals surface area contributed by atoms with E-state index in [1.807, 2.05) is 31.2 Å². The highest BCUT2D eigenvalue weighted by molar-refractivity contribution is 9.10. The van der Waals surface area contributed by atoms with Gasteiger partial charge in [0.2, 0.25) is 23.8 Å². The van der Waals surface area contributed by atoms with Gasteiger partial charge in [-0.05, 0) is 25.1 Å². The average Bonchev–Trinajstić information content (AvgIpc) is 3.19. The zero-order valence-electron chi connectivity index (χ0n) is 17.7. The fourth-order valence-corrected chi connectivity index (χ4v) is 3.99. The zero-order chi connectivity index (χ0) is 23.9. The van der Waals surface area contributed by atoms with E-state index in [0.29, 0.717) is 21.2 Å². The van der Waals surface area contributed by atoms with Crippen molar-refractivity contribution in [1.29, 1.82) is 0 Å². The van der Waals surface area contributed by atoms with Crippen molar-refractivity contribution in [1.82, 2.24) is 9.99 Å². The van der Waals surface area contributed by atoms with Crippen molar-refractivity contribution in [3.05, 3.63) is 73.9 Å². The van der Waals surface area contributed by atoms with Crippen LogP contribution in [-0.4, -0.2) is 32.7 Å². The first-order valence-corrected chi connectivity index (χ1v) is 10.5. The Morgan fingerprint density at radius 1 is 1.21 bits per heavy atom. The second kappa shape index (κ2) is 8.58. The third kappa shape index (κ3) is 4.27. The molecule has 0 saturated heterocycles. The van der Waals surface area contributed by atoms with E-state index in [-0.39, 0.29) is 17.2 Å². The fraction of sp³-hybridized carbons (Fsp3) is 0.182. The summed E-state index contributed by atoms with van der Waals surface area (Å²) in [6.45, 7) is 4.28. The van der Waals surface area contributed by atoms with Gasteiger partial charge in [0.15, 0.2) is 0 Å². The van der Waals surface area contributed by atoms with Crippen molar-refractivity contribution in [2.75, 3.05) is 0 Å². The van der Waals surface area contributed by atoms with Crippen LogP contribution in [0.5, 0.6) is 5.75 Å². The molecule has 0 fully saturated rings. The highest BCUT2D eigenvalue weighted by Crippen LogP contribution is 2.40. The number of carbonyl (C=O) groups excluding carboxylic acids is 2. The Bertz CT molecular complexity index is 1360. The minimum atomic E-state index is -0.952. The van der Waals surface area contributed by atoms with E-state index in [1.165, 1.54) is 19.1 Å². The minimum absolute atomic E-state index is 0.0510. The largest absolute Gasteiger partial charge is 0.446 e. The van der Waals surface area contributed by atoms with E-state index in [0.717, 1.165) is 17.3 Å². The van der Waals surface area contributed by atoms with Gasteiger partial charge in [0.05, 0.1) is 16.0 Å². The molecule has 168 valence electrons. The van der Waals surface area contributed by atoms with Gasteiger partial charge in [0, 0.05) is 41.0 Å². The predicted molar refractivity (Wildman–Crippen MR) is 121 cm³/mol. The lowest BCUT2D eigenvalue weighted by Crippen LogP contribution is -2.25. The Hall–Kier alpha value is -3.86. The Kier molecular flexibility index (Phi) is 5.81. The van der Waals surface area contributed by atoms with Gasteiger partial charge >= 0.3 is 11.7 Å². The summed E-state index contributed by atoms with van der Waals surface area (Å²) in [5, 5.41) is 17.8. The third-order valence-electron chi connectivity index (χ3n) is 4.82. The fourth-order valence-electron chi connectivity index (χ4n) is 3.55. The molecule has 0 saturated carbocycles. The summed E-state index contributed by atoms with van der Waals surface area (Å²) < 4.78 is 11.6. The van der Waals surface area contributed by atoms with E-state index < -0.39 is 28.7 Å². The maximum absolute atomic E-state index is 12.5. The number of hydrogen-bond donors (Lipinski definition) is 0. The number of benzene rings is 2. The number of aryl methyl sites for hydroxylation is 1. The van der Waals surface area contributed by atoms with Gasteiger partial charge in [-0.3, -0.25) is 24.7 Å². The number of hydrazone groups is 1. The SMILES string of the molecule is CC(=O)Oc1c(C2=NN(C(C)=O)C(c3cc(C)nc4ccccc34)O2)cc(Br)cc1[N+](=O)[O-]. The molecule has 1 amide bonds. The van der Waals surface area contributed by atoms with Crippen LogP contribution in [0, 0.1) is 17.0 Å². The third-order valence-corrected chi connectivity index (χ3v) is 5.27. The molecule has 1 aliphatic rings. The summed E-state index contributed by atoms with van der Waals surface area (Å²) in [4.78, 5) is 39.6. The molecule has 0 bridgehead atoms. The average molecular weight is 513 g/mol. The number of fused-ring (bicyclic) bond motifs is 1. The molecule has 33 heavy (non-hydrogen) atoms. The summed E-state index contributed by atoms with van der Waals surface area (Å²) in [6.07, 6.45) is -0.952. The van der Waals surface area contributed by atoms with Gasteiger partial charge in [-0.1, -0.05) is 34.1 Å². The number of esters is 1. The monoisotopic (exact) mass is 512 g/mol. The first-order chi connectivity index (χ1) is 15.7. The molecule has 0 spiro atoms. The van der Waals surface area contributed by atoms with Crippen LogP contribution >= 0.6 is 15.9 Å². The highest BCUT2D eigenvalue weighted by atomic mass is 79.9. The van der Waals surface area contributed by atoms with Crippen molar-refractivity contribution in [3.8, 4) is 5.75 Å². The van der Waals surface area contributed by atoms with Gasteiger partial charge in [-0.25, -0.2) is 0 Å². The number of para-hydroxylation sites is 1. The number of carbonyl (C=O) groups is 2. The van der Waals surface area contributed by atoms with Gasteiger partial charge in [0.1, 0.15) is 0 Å². The Labute approximate surface area is 196 Å². The molecule has 3 aromatic rings. The summed E-state index contributed by atoms with van der Waals surface area (Å²) in [7, 11) is 0. The smallest absolute Gasteiger partial charge is 0.313 e. The van der Waals surface area contributed by atoms with Gasteiger partial charge < -0.3 is 9.47 Å². The standard InChI is InChI=1S/C22H17BrN4O6/c1-11-8-16(15-6-4-5-7-18(15)24-11)22-26(12(2)28)25-21(33-22)17-9-14(23)10-19(27(30)31)20(17)32-13(3)29/h4-10,22H,1-3H3. The Morgan fingerprint density at radius 3 is 2.61 bits per heavy atom. The molecule has 0 aliphatic carbocycles. The van der Waals surface area contributed by atoms with E-state index in [1.54, 1.807) is 6.07 Å². The summed E-state index contributed by atoms with van der Waals surface area (Å²) in [5.41, 5.74) is 1.67. The number of nitrogens with zero attached hydrogens (tertiary/aromatic N) is 4. The second-order valence-corrected chi connectivity index (χ2v) is 8.18. The molecule has 2 aromatic carbocycles. The van der Waals surface area contributed by atoms with E-state index in [4.69, 9.17) is 9.47 Å². The minimum Gasteiger partial charge on any atom is -0.446 e. The molecular formula is C22H17BrN4O6. The van der Waals surface area contributed by atoms with Gasteiger partial charge in [-0.15, -0.1) is 5.10 Å². The molecule has 0 radical (unpaired) electrons. The van der Waals surface area contributed by atoms with Crippen molar-refractivity contribution in [3.63, 3.8) is 0 Å². The number of amides is 1. The van der Waals surface area contributed by atoms with Crippen molar-refractivity contribution in [2.45, 2.75) is 27.0 Å². The Morgan fingerprint density at radius 2 is 1.94 bits per heavy atom. The van der Waals surface area contributed by atoms with E-state index in [2.05, 4.69) is 26.0 Å².